The SMILES string of the molecule is CC/C=C\C/C=C\C/C=C\C/C=C\C/C=C\C/C=C\C/C=C\C/C=C\C/C=C\CCCCCCCC(=O)NC(COC1OC(CO)C(O)C(O)C1O)C(O)CCCCCCCCCC. The number of carbonyl (C=O) groups excluding carboxylic acids is 1. The van der Waals surface area contributed by atoms with Crippen molar-refractivity contribution in [2.24, 2.45) is 0 Å². The van der Waals surface area contributed by atoms with Crippen LogP contribution >= 0.6 is 0 Å². The smallest absolute Gasteiger partial charge is 0.220 e. The molecule has 0 aliphatic carbocycles. The molecule has 1 amide bonds. The van der Waals surface area contributed by atoms with E-state index in [4.69, 9.17) is 9.47 Å². The Kier molecular flexibility index (Phi) is 40.2. The molecule has 9 nitrogen and oxygen atoms in total. The summed E-state index contributed by atoms with van der Waals surface area (Å²) in [4.78, 5) is 12.9. The molecule has 7 atom stereocenters. The molecule has 0 saturated carbocycles. The molecule has 0 aromatic rings. The first-order valence-corrected chi connectivity index (χ1v) is 25.1. The Morgan fingerprint density at radius 3 is 1.44 bits per heavy atom. The van der Waals surface area contributed by atoms with E-state index in [9.17, 15) is 30.3 Å². The van der Waals surface area contributed by atoms with Gasteiger partial charge < -0.3 is 40.3 Å². The van der Waals surface area contributed by atoms with Crippen molar-refractivity contribution in [1.82, 2.24) is 5.32 Å². The lowest BCUT2D eigenvalue weighted by atomic mass is 9.99. The summed E-state index contributed by atoms with van der Waals surface area (Å²) >= 11 is 0. The molecule has 0 radical (unpaired) electrons. The number of aliphatic hydroxyl groups is 5. The number of carbonyl (C=O) groups is 1. The maximum absolute atomic E-state index is 12.9. The van der Waals surface area contributed by atoms with E-state index in [1.165, 1.54) is 32.1 Å². The van der Waals surface area contributed by atoms with Crippen LogP contribution in [0, 0.1) is 0 Å². The van der Waals surface area contributed by atoms with Crippen LogP contribution in [0.3, 0.4) is 0 Å². The average molecular weight is 894 g/mol. The highest BCUT2D eigenvalue weighted by Gasteiger charge is 2.44. The molecule has 1 saturated heterocycles. The number of nitrogens with one attached hydrogen (secondary N) is 1. The van der Waals surface area contributed by atoms with Crippen LogP contribution in [-0.4, -0.2) is 87.5 Å². The molecular weight excluding hydrogens is 803 g/mol. The van der Waals surface area contributed by atoms with Crippen molar-refractivity contribution < 1.29 is 39.8 Å². The van der Waals surface area contributed by atoms with Crippen molar-refractivity contribution in [3.63, 3.8) is 0 Å². The predicted molar refractivity (Wildman–Crippen MR) is 267 cm³/mol. The third-order valence-corrected chi connectivity index (χ3v) is 11.1. The number of hydrogen-bond acceptors (Lipinski definition) is 8. The molecule has 9 heteroatoms. The lowest BCUT2D eigenvalue weighted by Crippen LogP contribution is -2.60. The number of unbranched alkanes of at least 4 members (excludes halogenated alkanes) is 12. The molecule has 1 aliphatic heterocycles. The van der Waals surface area contributed by atoms with Gasteiger partial charge in [-0.2, -0.15) is 0 Å². The Morgan fingerprint density at radius 2 is 0.969 bits per heavy atom. The lowest BCUT2D eigenvalue weighted by Gasteiger charge is -2.40. The summed E-state index contributed by atoms with van der Waals surface area (Å²) in [5.74, 6) is -0.172. The Labute approximate surface area is 389 Å². The Hall–Kier alpha value is -3.15. The van der Waals surface area contributed by atoms with E-state index in [0.717, 1.165) is 116 Å². The van der Waals surface area contributed by atoms with E-state index in [1.54, 1.807) is 0 Å². The fourth-order valence-electron chi connectivity index (χ4n) is 7.15. The van der Waals surface area contributed by atoms with Gasteiger partial charge in [0.1, 0.15) is 24.4 Å². The minimum Gasteiger partial charge on any atom is -0.394 e. The molecule has 1 fully saturated rings. The van der Waals surface area contributed by atoms with Crippen molar-refractivity contribution in [3.8, 4) is 0 Å². The molecule has 7 unspecified atom stereocenters. The molecule has 1 heterocycles. The summed E-state index contributed by atoms with van der Waals surface area (Å²) in [6.45, 7) is 3.64. The molecule has 64 heavy (non-hydrogen) atoms. The molecule has 364 valence electrons. The largest absolute Gasteiger partial charge is 0.394 e. The second kappa shape index (κ2) is 43.7. The first-order valence-electron chi connectivity index (χ1n) is 25.1. The van der Waals surface area contributed by atoms with Crippen molar-refractivity contribution >= 4 is 5.91 Å². The maximum atomic E-state index is 12.9. The van der Waals surface area contributed by atoms with Gasteiger partial charge in [0.2, 0.25) is 5.91 Å². The van der Waals surface area contributed by atoms with Gasteiger partial charge in [0.15, 0.2) is 6.29 Å². The van der Waals surface area contributed by atoms with Crippen LogP contribution in [0.4, 0.5) is 0 Å². The van der Waals surface area contributed by atoms with E-state index in [1.807, 2.05) is 0 Å². The first-order chi connectivity index (χ1) is 31.3. The van der Waals surface area contributed by atoms with Crippen LogP contribution in [0.2, 0.25) is 0 Å². The summed E-state index contributed by atoms with van der Waals surface area (Å²) in [5, 5.41) is 54.2. The molecular formula is C55H91NO8. The lowest BCUT2D eigenvalue weighted by molar-refractivity contribution is -0.302. The highest BCUT2D eigenvalue weighted by atomic mass is 16.7. The van der Waals surface area contributed by atoms with Crippen LogP contribution in [0.5, 0.6) is 0 Å². The summed E-state index contributed by atoms with van der Waals surface area (Å²) in [6.07, 6.45) is 56.9. The monoisotopic (exact) mass is 894 g/mol. The molecule has 6 N–H and O–H groups in total. The van der Waals surface area contributed by atoms with E-state index in [-0.39, 0.29) is 12.5 Å². The normalized spacial score (nSPS) is 21.0. The Balaban J connectivity index is 2.19. The van der Waals surface area contributed by atoms with Gasteiger partial charge in [-0.25, -0.2) is 0 Å². The molecule has 0 bridgehead atoms. The Bertz CT molecular complexity index is 1360. The van der Waals surface area contributed by atoms with E-state index in [0.29, 0.717) is 12.8 Å². The highest BCUT2D eigenvalue weighted by molar-refractivity contribution is 5.76. The molecule has 0 spiro atoms. The fourth-order valence-corrected chi connectivity index (χ4v) is 7.15. The predicted octanol–water partition coefficient (Wildman–Crippen LogP) is 11.4. The molecule has 0 aromatic heterocycles. The van der Waals surface area contributed by atoms with Gasteiger partial charge in [-0.15, -0.1) is 0 Å². The summed E-state index contributed by atoms with van der Waals surface area (Å²) in [6, 6.07) is -0.735. The fraction of sp³-hybridized carbons (Fsp3) is 0.655. The molecule has 1 aliphatic rings. The van der Waals surface area contributed by atoms with Crippen LogP contribution in [0.25, 0.3) is 0 Å². The van der Waals surface area contributed by atoms with Gasteiger partial charge in [0.25, 0.3) is 0 Å². The van der Waals surface area contributed by atoms with Crippen molar-refractivity contribution in [2.45, 2.75) is 217 Å². The van der Waals surface area contributed by atoms with E-state index >= 15 is 0 Å². The van der Waals surface area contributed by atoms with Crippen LogP contribution in [0.15, 0.2) is 109 Å². The van der Waals surface area contributed by atoms with Gasteiger partial charge in [-0.1, -0.05) is 194 Å². The Morgan fingerprint density at radius 1 is 0.547 bits per heavy atom. The average Bonchev–Trinajstić information content (AvgIpc) is 3.29. The minimum atomic E-state index is -1.56. The maximum Gasteiger partial charge on any atom is 0.220 e. The summed E-state index contributed by atoms with van der Waals surface area (Å²) in [5.41, 5.74) is 0. The quantitative estimate of drug-likeness (QED) is 0.0263. The topological polar surface area (TPSA) is 149 Å². The third-order valence-electron chi connectivity index (χ3n) is 11.1. The zero-order chi connectivity index (χ0) is 46.6. The number of rotatable bonds is 40. The van der Waals surface area contributed by atoms with Gasteiger partial charge in [-0.3, -0.25) is 4.79 Å². The second-order valence-corrected chi connectivity index (χ2v) is 16.9. The standard InChI is InChI=1S/C55H91NO8/c1-3-5-7-9-11-13-14-15-16-17-18-19-20-21-22-23-24-25-26-27-28-29-30-31-32-33-34-35-36-37-39-41-43-45-51(59)56-48(49(58)44-42-40-38-12-10-8-6-4-2)47-63-55-54(62)53(61)52(60)50(46-57)64-55/h5,7,11,13,15-16,18-19,21-22,24-25,27-28,30-31,33-34,48-50,52-55,57-58,60-62H,3-4,6,8-10,12,14,17,20,23,26,29,32,35-47H2,1-2H3,(H,56,59)/b7-5-,13-11-,16-15-,19-18-,22-21-,25-24-,28-27-,31-30-,34-33-. The number of amides is 1. The van der Waals surface area contributed by atoms with Gasteiger partial charge in [-0.05, 0) is 83.5 Å². The van der Waals surface area contributed by atoms with Crippen LogP contribution in [-0.2, 0) is 14.3 Å². The van der Waals surface area contributed by atoms with E-state index in [2.05, 4.69) is 129 Å². The minimum absolute atomic E-state index is 0.154. The molecule has 1 rings (SSSR count). The summed E-state index contributed by atoms with van der Waals surface area (Å²) in [7, 11) is 0. The van der Waals surface area contributed by atoms with Gasteiger partial charge in [0, 0.05) is 6.42 Å². The molecule has 0 aromatic carbocycles. The number of allylic oxidation sites excluding steroid dienone is 18. The second-order valence-electron chi connectivity index (χ2n) is 16.9. The zero-order valence-electron chi connectivity index (χ0n) is 40.0. The van der Waals surface area contributed by atoms with Crippen molar-refractivity contribution in [2.75, 3.05) is 13.2 Å². The van der Waals surface area contributed by atoms with Gasteiger partial charge >= 0.3 is 0 Å². The summed E-state index contributed by atoms with van der Waals surface area (Å²) < 4.78 is 11.2. The number of hydrogen-bond donors (Lipinski definition) is 6. The van der Waals surface area contributed by atoms with Crippen LogP contribution < -0.4 is 5.32 Å². The first kappa shape index (κ1) is 58.9. The van der Waals surface area contributed by atoms with Crippen LogP contribution in [0.1, 0.15) is 174 Å². The van der Waals surface area contributed by atoms with E-state index < -0.39 is 49.5 Å². The highest BCUT2D eigenvalue weighted by Crippen LogP contribution is 2.23. The van der Waals surface area contributed by atoms with Gasteiger partial charge in [0.05, 0.1) is 25.4 Å². The number of ether oxygens (including phenoxy) is 2. The number of aliphatic hydroxyl groups excluding tert-OH is 5. The van der Waals surface area contributed by atoms with Crippen molar-refractivity contribution in [3.05, 3.63) is 109 Å². The third kappa shape index (κ3) is 33.3. The van der Waals surface area contributed by atoms with Crippen molar-refractivity contribution in [1.29, 1.82) is 0 Å². The zero-order valence-corrected chi connectivity index (χ0v) is 40.0.